The largest absolute Gasteiger partial charge is 0.443 e. The van der Waals surface area contributed by atoms with Crippen LogP contribution in [0.15, 0.2) is 22.8 Å². The van der Waals surface area contributed by atoms with Crippen LogP contribution in [0.25, 0.3) is 10.9 Å². The molecule has 2 aromatic rings. The molecule has 0 aliphatic heterocycles. The molecule has 102 valence electrons. The average Bonchev–Trinajstić information content (AvgIpc) is 2.53. The SMILES string of the molecule is Cc1cc(Br)c2c(I)cn(C(=O)OC(C)(C)C)c2c1. The van der Waals surface area contributed by atoms with Crippen LogP contribution >= 0.6 is 38.5 Å². The summed E-state index contributed by atoms with van der Waals surface area (Å²) in [5.74, 6) is 0. The van der Waals surface area contributed by atoms with Crippen molar-refractivity contribution in [3.8, 4) is 0 Å². The van der Waals surface area contributed by atoms with E-state index in [-0.39, 0.29) is 6.09 Å². The Morgan fingerprint density at radius 2 is 2.00 bits per heavy atom. The van der Waals surface area contributed by atoms with Crippen molar-refractivity contribution in [2.45, 2.75) is 33.3 Å². The molecule has 0 bridgehead atoms. The minimum Gasteiger partial charge on any atom is -0.443 e. The third-order valence-electron chi connectivity index (χ3n) is 2.54. The van der Waals surface area contributed by atoms with Gasteiger partial charge in [-0.2, -0.15) is 0 Å². The predicted molar refractivity (Wildman–Crippen MR) is 88.7 cm³/mol. The summed E-state index contributed by atoms with van der Waals surface area (Å²) < 4.78 is 9.01. The molecule has 0 fully saturated rings. The lowest BCUT2D eigenvalue weighted by atomic mass is 10.2. The predicted octanol–water partition coefficient (Wildman–Crippen LogP) is 5.10. The topological polar surface area (TPSA) is 31.2 Å². The van der Waals surface area contributed by atoms with Gasteiger partial charge in [-0.05, 0) is 68.0 Å². The zero-order valence-corrected chi connectivity index (χ0v) is 15.0. The van der Waals surface area contributed by atoms with E-state index in [1.807, 2.05) is 46.0 Å². The van der Waals surface area contributed by atoms with E-state index in [4.69, 9.17) is 4.74 Å². The van der Waals surface area contributed by atoms with Crippen LogP contribution in [0.4, 0.5) is 4.79 Å². The molecule has 0 N–H and O–H groups in total. The van der Waals surface area contributed by atoms with Crippen LogP contribution in [-0.2, 0) is 4.74 Å². The van der Waals surface area contributed by atoms with Gasteiger partial charge in [-0.25, -0.2) is 4.79 Å². The highest BCUT2D eigenvalue weighted by molar-refractivity contribution is 14.1. The summed E-state index contributed by atoms with van der Waals surface area (Å²) in [4.78, 5) is 12.2. The van der Waals surface area contributed by atoms with Crippen LogP contribution in [0.3, 0.4) is 0 Å². The number of hydrogen-bond donors (Lipinski definition) is 0. The molecule has 0 amide bonds. The van der Waals surface area contributed by atoms with Crippen molar-refractivity contribution in [3.05, 3.63) is 31.9 Å². The number of carbonyl (C=O) groups excluding carboxylic acids is 1. The molecule has 3 nitrogen and oxygen atoms in total. The molecular formula is C14H15BrINO2. The van der Waals surface area contributed by atoms with E-state index in [1.54, 1.807) is 4.57 Å². The van der Waals surface area contributed by atoms with E-state index >= 15 is 0 Å². The second-order valence-electron chi connectivity index (χ2n) is 5.47. The minimum absolute atomic E-state index is 0.349. The summed E-state index contributed by atoms with van der Waals surface area (Å²) >= 11 is 5.78. The monoisotopic (exact) mass is 435 g/mol. The van der Waals surface area contributed by atoms with Gasteiger partial charge < -0.3 is 4.74 Å². The minimum atomic E-state index is -0.500. The first kappa shape index (κ1) is 14.8. The van der Waals surface area contributed by atoms with Crippen LogP contribution in [0.5, 0.6) is 0 Å². The Labute approximate surface area is 134 Å². The number of aryl methyl sites for hydroxylation is 1. The summed E-state index contributed by atoms with van der Waals surface area (Å²) in [5.41, 5.74) is 1.46. The van der Waals surface area contributed by atoms with Gasteiger partial charge in [-0.1, -0.05) is 15.9 Å². The van der Waals surface area contributed by atoms with Gasteiger partial charge in [-0.3, -0.25) is 4.57 Å². The second-order valence-corrected chi connectivity index (χ2v) is 7.48. The molecule has 2 rings (SSSR count). The number of fused-ring (bicyclic) bond motifs is 1. The highest BCUT2D eigenvalue weighted by Gasteiger charge is 2.21. The van der Waals surface area contributed by atoms with Crippen molar-refractivity contribution in [1.82, 2.24) is 4.57 Å². The maximum absolute atomic E-state index is 12.2. The average molecular weight is 436 g/mol. The molecule has 0 unspecified atom stereocenters. The number of carbonyl (C=O) groups is 1. The van der Waals surface area contributed by atoms with E-state index in [0.717, 1.165) is 24.5 Å². The van der Waals surface area contributed by atoms with Crippen LogP contribution in [0, 0.1) is 10.5 Å². The highest BCUT2D eigenvalue weighted by atomic mass is 127. The molecule has 0 atom stereocenters. The maximum atomic E-state index is 12.2. The van der Waals surface area contributed by atoms with Gasteiger partial charge in [-0.15, -0.1) is 0 Å². The fourth-order valence-corrected chi connectivity index (χ4v) is 3.85. The van der Waals surface area contributed by atoms with E-state index in [0.29, 0.717) is 0 Å². The molecule has 0 radical (unpaired) electrons. The molecule has 0 spiro atoms. The third kappa shape index (κ3) is 3.13. The normalized spacial score (nSPS) is 11.9. The molecule has 5 heteroatoms. The first-order chi connectivity index (χ1) is 8.69. The number of hydrogen-bond acceptors (Lipinski definition) is 2. The molecule has 0 aliphatic rings. The molecule has 0 aliphatic carbocycles. The van der Waals surface area contributed by atoms with Crippen molar-refractivity contribution in [3.63, 3.8) is 0 Å². The zero-order valence-electron chi connectivity index (χ0n) is 11.3. The standard InChI is InChI=1S/C14H15BrINO2/c1-8-5-9(15)12-10(16)7-17(11(12)6-8)13(18)19-14(2,3)4/h5-7H,1-4H3. The van der Waals surface area contributed by atoms with Gasteiger partial charge in [0, 0.05) is 19.6 Å². The van der Waals surface area contributed by atoms with Gasteiger partial charge in [0.1, 0.15) is 5.60 Å². The zero-order chi connectivity index (χ0) is 14.4. The fraction of sp³-hybridized carbons (Fsp3) is 0.357. The summed E-state index contributed by atoms with van der Waals surface area (Å²) in [6, 6.07) is 4.04. The van der Waals surface area contributed by atoms with Crippen LogP contribution in [0.2, 0.25) is 0 Å². The summed E-state index contributed by atoms with van der Waals surface area (Å²) in [6.45, 7) is 7.59. The smallest absolute Gasteiger partial charge is 0.419 e. The number of rotatable bonds is 0. The number of benzene rings is 1. The number of aromatic nitrogens is 1. The second kappa shape index (κ2) is 5.09. The summed E-state index contributed by atoms with van der Waals surface area (Å²) in [7, 11) is 0. The van der Waals surface area contributed by atoms with E-state index in [2.05, 4.69) is 38.5 Å². The Bertz CT molecular complexity index is 655. The van der Waals surface area contributed by atoms with E-state index < -0.39 is 5.60 Å². The Hall–Kier alpha value is -0.560. The lowest BCUT2D eigenvalue weighted by Gasteiger charge is -2.19. The Morgan fingerprint density at radius 1 is 1.37 bits per heavy atom. The first-order valence-corrected chi connectivity index (χ1v) is 7.76. The van der Waals surface area contributed by atoms with Crippen molar-refractivity contribution in [1.29, 1.82) is 0 Å². The van der Waals surface area contributed by atoms with E-state index in [1.165, 1.54) is 0 Å². The van der Waals surface area contributed by atoms with Crippen LogP contribution in [0.1, 0.15) is 26.3 Å². The summed E-state index contributed by atoms with van der Waals surface area (Å²) in [5, 5.41) is 1.04. The van der Waals surface area contributed by atoms with Crippen LogP contribution < -0.4 is 0 Å². The van der Waals surface area contributed by atoms with Gasteiger partial charge in [0.05, 0.1) is 5.52 Å². The molecular weight excluding hydrogens is 421 g/mol. The summed E-state index contributed by atoms with van der Waals surface area (Å²) in [6.07, 6.45) is 1.46. The van der Waals surface area contributed by atoms with Crippen molar-refractivity contribution < 1.29 is 9.53 Å². The van der Waals surface area contributed by atoms with E-state index in [9.17, 15) is 4.79 Å². The first-order valence-electron chi connectivity index (χ1n) is 5.89. The van der Waals surface area contributed by atoms with Gasteiger partial charge in [0.15, 0.2) is 0 Å². The Kier molecular flexibility index (Phi) is 3.97. The van der Waals surface area contributed by atoms with Crippen molar-refractivity contribution in [2.75, 3.05) is 0 Å². The number of halogens is 2. The van der Waals surface area contributed by atoms with Crippen molar-refractivity contribution in [2.24, 2.45) is 0 Å². The quantitative estimate of drug-likeness (QED) is 0.539. The lowest BCUT2D eigenvalue weighted by Crippen LogP contribution is -2.26. The van der Waals surface area contributed by atoms with Gasteiger partial charge >= 0.3 is 6.09 Å². The molecule has 1 heterocycles. The fourth-order valence-electron chi connectivity index (χ4n) is 1.86. The van der Waals surface area contributed by atoms with Gasteiger partial charge in [0.2, 0.25) is 0 Å². The highest BCUT2D eigenvalue weighted by Crippen LogP contribution is 2.31. The number of nitrogens with zero attached hydrogens (tertiary/aromatic N) is 1. The maximum Gasteiger partial charge on any atom is 0.419 e. The lowest BCUT2D eigenvalue weighted by molar-refractivity contribution is 0.0544. The number of ether oxygens (including phenoxy) is 1. The van der Waals surface area contributed by atoms with Crippen LogP contribution in [-0.4, -0.2) is 16.3 Å². The molecule has 0 saturated heterocycles. The Balaban J connectivity index is 2.59. The molecule has 0 saturated carbocycles. The third-order valence-corrected chi connectivity index (χ3v) is 3.99. The van der Waals surface area contributed by atoms with Crippen molar-refractivity contribution >= 4 is 55.5 Å². The molecule has 1 aromatic heterocycles. The Morgan fingerprint density at radius 3 is 2.58 bits per heavy atom. The molecule has 1 aromatic carbocycles. The van der Waals surface area contributed by atoms with Gasteiger partial charge in [0.25, 0.3) is 0 Å². The molecule has 19 heavy (non-hydrogen) atoms.